The van der Waals surface area contributed by atoms with Crippen molar-refractivity contribution in [1.29, 1.82) is 0 Å². The molecule has 41 heavy (non-hydrogen) atoms. The second kappa shape index (κ2) is 9.18. The van der Waals surface area contributed by atoms with Crippen molar-refractivity contribution in [3.05, 3.63) is 167 Å². The Morgan fingerprint density at radius 2 is 1.05 bits per heavy atom. The predicted octanol–water partition coefficient (Wildman–Crippen LogP) is 9.49. The first-order chi connectivity index (χ1) is 20.3. The van der Waals surface area contributed by atoms with E-state index < -0.39 is 0 Å². The molecule has 0 aliphatic heterocycles. The van der Waals surface area contributed by atoms with Gasteiger partial charge in [-0.05, 0) is 91.5 Å². The molecule has 2 nitrogen and oxygen atoms in total. The second-order valence-corrected chi connectivity index (χ2v) is 10.9. The summed E-state index contributed by atoms with van der Waals surface area (Å²) in [5, 5.41) is 3.70. The zero-order valence-electron chi connectivity index (χ0n) is 22.8. The van der Waals surface area contributed by atoms with Gasteiger partial charge in [0.2, 0.25) is 0 Å². The van der Waals surface area contributed by atoms with Crippen LogP contribution in [0.2, 0.25) is 0 Å². The number of aliphatic imine (C=N–C) groups is 1. The highest BCUT2D eigenvalue weighted by Gasteiger charge is 2.51. The molecule has 2 aliphatic carbocycles. The molecule has 2 heteroatoms. The maximum atomic E-state index is 4.16. The van der Waals surface area contributed by atoms with Crippen molar-refractivity contribution < 1.29 is 0 Å². The molecule has 6 aromatic rings. The van der Waals surface area contributed by atoms with E-state index in [0.717, 1.165) is 16.9 Å². The van der Waals surface area contributed by atoms with Crippen LogP contribution in [0, 0.1) is 0 Å². The first-order valence-corrected chi connectivity index (χ1v) is 14.1. The van der Waals surface area contributed by atoms with E-state index in [9.17, 15) is 0 Å². The van der Waals surface area contributed by atoms with Gasteiger partial charge in [-0.3, -0.25) is 4.99 Å². The van der Waals surface area contributed by atoms with Gasteiger partial charge in [-0.25, -0.2) is 0 Å². The third-order valence-corrected chi connectivity index (χ3v) is 8.67. The van der Waals surface area contributed by atoms with Crippen LogP contribution in [0.1, 0.15) is 27.8 Å². The second-order valence-electron chi connectivity index (χ2n) is 10.9. The topological polar surface area (TPSA) is 24.4 Å². The molecule has 1 spiro atoms. The minimum absolute atomic E-state index is 0.326. The lowest BCUT2D eigenvalue weighted by atomic mass is 9.70. The van der Waals surface area contributed by atoms with Crippen LogP contribution in [0.25, 0.3) is 33.4 Å². The maximum Gasteiger partial charge on any atom is 0.0726 e. The van der Waals surface area contributed by atoms with E-state index in [1.54, 1.807) is 7.05 Å². The number of nitrogens with one attached hydrogen (secondary N) is 1. The van der Waals surface area contributed by atoms with Crippen LogP contribution in [0.3, 0.4) is 0 Å². The maximum absolute atomic E-state index is 4.16. The number of anilines is 2. The summed E-state index contributed by atoms with van der Waals surface area (Å²) in [7, 11) is 1.80. The zero-order valence-corrected chi connectivity index (χ0v) is 22.8. The number of fused-ring (bicyclic) bond motifs is 10. The Labute approximate surface area is 240 Å². The molecule has 8 rings (SSSR count). The average Bonchev–Trinajstić information content (AvgIpc) is 3.49. The Morgan fingerprint density at radius 1 is 0.488 bits per heavy atom. The fraction of sp³-hybridized carbons (Fsp3) is 0.0513. The Morgan fingerprint density at radius 3 is 1.66 bits per heavy atom. The van der Waals surface area contributed by atoms with Crippen LogP contribution in [0.15, 0.2) is 145 Å². The van der Waals surface area contributed by atoms with Crippen molar-refractivity contribution in [3.8, 4) is 33.4 Å². The van der Waals surface area contributed by atoms with Gasteiger partial charge in [0.15, 0.2) is 0 Å². The predicted molar refractivity (Wildman–Crippen MR) is 171 cm³/mol. The van der Waals surface area contributed by atoms with Gasteiger partial charge >= 0.3 is 0 Å². The summed E-state index contributed by atoms with van der Waals surface area (Å²) in [4.78, 5) is 4.16. The fourth-order valence-corrected chi connectivity index (χ4v) is 7.03. The van der Waals surface area contributed by atoms with Gasteiger partial charge in [0.1, 0.15) is 0 Å². The van der Waals surface area contributed by atoms with E-state index in [1.165, 1.54) is 55.6 Å². The van der Waals surface area contributed by atoms with Crippen LogP contribution in [-0.4, -0.2) is 13.3 Å². The summed E-state index contributed by atoms with van der Waals surface area (Å²) in [6.45, 7) is 0. The molecule has 0 saturated carbocycles. The molecule has 2 aliphatic rings. The minimum Gasteiger partial charge on any atom is -0.356 e. The summed E-state index contributed by atoms with van der Waals surface area (Å²) in [5.41, 5.74) is 16.0. The normalized spacial score (nSPS) is 13.6. The van der Waals surface area contributed by atoms with Gasteiger partial charge in [0.25, 0.3) is 0 Å². The number of hydrogen-bond acceptors (Lipinski definition) is 2. The molecule has 0 heterocycles. The molecule has 0 unspecified atom stereocenters. The third-order valence-electron chi connectivity index (χ3n) is 8.67. The van der Waals surface area contributed by atoms with Crippen molar-refractivity contribution in [1.82, 2.24) is 0 Å². The Balaban J connectivity index is 1.23. The third kappa shape index (κ3) is 3.47. The molecule has 0 fully saturated rings. The van der Waals surface area contributed by atoms with Crippen LogP contribution >= 0.6 is 0 Å². The van der Waals surface area contributed by atoms with Crippen LogP contribution in [0.4, 0.5) is 11.4 Å². The number of nitrogens with zero attached hydrogens (tertiary/aromatic N) is 1. The zero-order chi connectivity index (χ0) is 27.4. The standard InChI is InChI=1S/C39H28N2/c1-40-25-26-9-8-10-28(23-26)27-17-19-29(20-18-27)41-30-21-22-34-33-13-4-7-16-37(33)39(38(34)24-30)35-14-5-2-11-31(35)32-12-3-6-15-36(32)39/h2-25,41H,1H3/b40-25+. The molecule has 0 amide bonds. The quantitative estimate of drug-likeness (QED) is 0.228. The van der Waals surface area contributed by atoms with Crippen LogP contribution in [0.5, 0.6) is 0 Å². The van der Waals surface area contributed by atoms with Crippen molar-refractivity contribution in [2.45, 2.75) is 5.41 Å². The van der Waals surface area contributed by atoms with E-state index in [-0.39, 0.29) is 5.41 Å². The number of hydrogen-bond donors (Lipinski definition) is 1. The van der Waals surface area contributed by atoms with E-state index in [2.05, 4.69) is 150 Å². The number of rotatable bonds is 4. The van der Waals surface area contributed by atoms with Gasteiger partial charge in [0, 0.05) is 24.6 Å². The molecule has 0 saturated heterocycles. The highest BCUT2D eigenvalue weighted by molar-refractivity contribution is 5.95. The minimum atomic E-state index is -0.326. The van der Waals surface area contributed by atoms with Gasteiger partial charge in [0.05, 0.1) is 5.41 Å². The largest absolute Gasteiger partial charge is 0.356 e. The fourth-order valence-electron chi connectivity index (χ4n) is 7.03. The molecule has 6 aromatic carbocycles. The van der Waals surface area contributed by atoms with Gasteiger partial charge in [-0.1, -0.05) is 109 Å². The van der Waals surface area contributed by atoms with Gasteiger partial charge in [-0.2, -0.15) is 0 Å². The first-order valence-electron chi connectivity index (χ1n) is 14.1. The SMILES string of the molecule is C/N=C/c1cccc(-c2ccc(Nc3ccc4c(c3)C3(c5ccccc5-c5ccccc53)c3ccccc3-4)cc2)c1. The van der Waals surface area contributed by atoms with Gasteiger partial charge < -0.3 is 5.32 Å². The molecule has 1 N–H and O–H groups in total. The number of benzene rings is 6. The molecule has 0 bridgehead atoms. The lowest BCUT2D eigenvalue weighted by molar-refractivity contribution is 0.794. The Hall–Kier alpha value is -5.21. The Bertz CT molecular complexity index is 1920. The molecule has 0 aromatic heterocycles. The summed E-state index contributed by atoms with van der Waals surface area (Å²) in [5.74, 6) is 0. The first kappa shape index (κ1) is 23.7. The van der Waals surface area contributed by atoms with E-state index in [4.69, 9.17) is 0 Å². The van der Waals surface area contributed by atoms with E-state index in [1.807, 2.05) is 6.21 Å². The van der Waals surface area contributed by atoms with Crippen molar-refractivity contribution in [3.63, 3.8) is 0 Å². The summed E-state index contributed by atoms with van der Waals surface area (Å²) < 4.78 is 0. The van der Waals surface area contributed by atoms with Gasteiger partial charge in [-0.15, -0.1) is 0 Å². The monoisotopic (exact) mass is 524 g/mol. The van der Waals surface area contributed by atoms with Crippen molar-refractivity contribution >= 4 is 17.6 Å². The van der Waals surface area contributed by atoms with E-state index >= 15 is 0 Å². The lowest BCUT2D eigenvalue weighted by Gasteiger charge is -2.30. The van der Waals surface area contributed by atoms with Crippen LogP contribution < -0.4 is 5.32 Å². The smallest absolute Gasteiger partial charge is 0.0726 e. The average molecular weight is 525 g/mol. The molecule has 194 valence electrons. The van der Waals surface area contributed by atoms with E-state index in [0.29, 0.717) is 0 Å². The van der Waals surface area contributed by atoms with Crippen molar-refractivity contribution in [2.24, 2.45) is 4.99 Å². The lowest BCUT2D eigenvalue weighted by Crippen LogP contribution is -2.25. The van der Waals surface area contributed by atoms with Crippen LogP contribution in [-0.2, 0) is 5.41 Å². The van der Waals surface area contributed by atoms with Crippen molar-refractivity contribution in [2.75, 3.05) is 12.4 Å². The summed E-state index contributed by atoms with van der Waals surface area (Å²) in [6, 6.07) is 50.8. The summed E-state index contributed by atoms with van der Waals surface area (Å²) >= 11 is 0. The molecular formula is C39H28N2. The molecular weight excluding hydrogens is 496 g/mol. The molecule has 0 atom stereocenters. The summed E-state index contributed by atoms with van der Waals surface area (Å²) in [6.07, 6.45) is 1.89. The highest BCUT2D eigenvalue weighted by atomic mass is 14.9. The molecule has 0 radical (unpaired) electrons. The Kier molecular flexibility index (Phi) is 5.30. The highest BCUT2D eigenvalue weighted by Crippen LogP contribution is 2.62.